The number of amides is 2. The highest BCUT2D eigenvalue weighted by atomic mass is 16.6. The molecule has 0 radical (unpaired) electrons. The number of rotatable bonds is 7. The van der Waals surface area contributed by atoms with Crippen LogP contribution in [0, 0.1) is 0 Å². The van der Waals surface area contributed by atoms with Crippen molar-refractivity contribution in [3.8, 4) is 0 Å². The first-order valence-electron chi connectivity index (χ1n) is 6.91. The molecule has 0 aromatic carbocycles. The molecule has 0 saturated carbocycles. The smallest absolute Gasteiger partial charge is 0.408 e. The Bertz CT molecular complexity index is 428. The zero-order chi connectivity index (χ0) is 17.3. The van der Waals surface area contributed by atoms with Gasteiger partial charge in [-0.1, -0.05) is 0 Å². The molecule has 0 heterocycles. The van der Waals surface area contributed by atoms with Crippen LogP contribution in [-0.2, 0) is 23.9 Å². The molecule has 0 spiro atoms. The van der Waals surface area contributed by atoms with Crippen molar-refractivity contribution in [3.63, 3.8) is 0 Å². The molecule has 0 unspecified atom stereocenters. The molecule has 8 nitrogen and oxygen atoms in total. The van der Waals surface area contributed by atoms with E-state index < -0.39 is 29.6 Å². The van der Waals surface area contributed by atoms with Gasteiger partial charge in [-0.3, -0.25) is 14.4 Å². The van der Waals surface area contributed by atoms with Crippen LogP contribution in [0.5, 0.6) is 0 Å². The summed E-state index contributed by atoms with van der Waals surface area (Å²) < 4.78 is 9.42. The van der Waals surface area contributed by atoms with Crippen molar-refractivity contribution in [3.05, 3.63) is 0 Å². The van der Waals surface area contributed by atoms with Gasteiger partial charge in [-0.05, 0) is 27.7 Å². The van der Waals surface area contributed by atoms with E-state index in [1.807, 2.05) is 0 Å². The first kappa shape index (κ1) is 19.9. The normalized spacial score (nSPS) is 12.0. The van der Waals surface area contributed by atoms with E-state index in [9.17, 15) is 19.2 Å². The minimum atomic E-state index is -0.844. The summed E-state index contributed by atoms with van der Waals surface area (Å²) in [6, 6.07) is -0.844. The van der Waals surface area contributed by atoms with Gasteiger partial charge in [0.2, 0.25) is 5.91 Å². The number of hydrogen-bond acceptors (Lipinski definition) is 6. The van der Waals surface area contributed by atoms with Crippen molar-refractivity contribution >= 4 is 23.8 Å². The Morgan fingerprint density at radius 1 is 1.09 bits per heavy atom. The Labute approximate surface area is 129 Å². The predicted molar refractivity (Wildman–Crippen MR) is 78.1 cm³/mol. The van der Waals surface area contributed by atoms with Crippen molar-refractivity contribution in [2.45, 2.75) is 52.2 Å². The molecule has 8 heteroatoms. The van der Waals surface area contributed by atoms with Gasteiger partial charge < -0.3 is 20.1 Å². The number of carbonyl (C=O) groups excluding carboxylic acids is 4. The summed E-state index contributed by atoms with van der Waals surface area (Å²) >= 11 is 0. The summed E-state index contributed by atoms with van der Waals surface area (Å²) in [4.78, 5) is 45.5. The topological polar surface area (TPSA) is 111 Å². The number of ketones is 1. The number of ether oxygens (including phenoxy) is 2. The van der Waals surface area contributed by atoms with Gasteiger partial charge in [0.25, 0.3) is 0 Å². The molecule has 0 saturated heterocycles. The van der Waals surface area contributed by atoms with Crippen LogP contribution in [0.1, 0.15) is 40.5 Å². The summed E-state index contributed by atoms with van der Waals surface area (Å²) in [5, 5.41) is 4.74. The van der Waals surface area contributed by atoms with E-state index in [4.69, 9.17) is 4.74 Å². The van der Waals surface area contributed by atoms with E-state index in [1.54, 1.807) is 20.8 Å². The van der Waals surface area contributed by atoms with E-state index in [0.717, 1.165) is 0 Å². The van der Waals surface area contributed by atoms with Crippen LogP contribution < -0.4 is 10.6 Å². The van der Waals surface area contributed by atoms with Crippen LogP contribution in [0.4, 0.5) is 4.79 Å². The molecule has 0 aliphatic carbocycles. The number of methoxy groups -OCH3 is 1. The van der Waals surface area contributed by atoms with Crippen molar-refractivity contribution in [2.24, 2.45) is 0 Å². The number of esters is 1. The zero-order valence-electron chi connectivity index (χ0n) is 13.6. The lowest BCUT2D eigenvalue weighted by molar-refractivity contribution is -0.141. The third kappa shape index (κ3) is 9.73. The van der Waals surface area contributed by atoms with Crippen molar-refractivity contribution in [1.29, 1.82) is 0 Å². The number of hydrogen-bond donors (Lipinski definition) is 2. The third-order valence-corrected chi connectivity index (χ3v) is 2.42. The fourth-order valence-electron chi connectivity index (χ4n) is 1.32. The van der Waals surface area contributed by atoms with E-state index in [1.165, 1.54) is 14.0 Å². The minimum absolute atomic E-state index is 0.0131. The van der Waals surface area contributed by atoms with Gasteiger partial charge >= 0.3 is 12.1 Å². The largest absolute Gasteiger partial charge is 0.469 e. The molecule has 2 N–H and O–H groups in total. The lowest BCUT2D eigenvalue weighted by Crippen LogP contribution is -2.47. The molecule has 0 aromatic heterocycles. The molecular weight excluding hydrogens is 292 g/mol. The van der Waals surface area contributed by atoms with Gasteiger partial charge in [0, 0.05) is 6.42 Å². The average molecular weight is 316 g/mol. The van der Waals surface area contributed by atoms with E-state index in [-0.39, 0.29) is 25.2 Å². The highest BCUT2D eigenvalue weighted by Gasteiger charge is 2.21. The molecule has 0 bridgehead atoms. The number of carbonyl (C=O) groups is 4. The molecule has 0 fully saturated rings. The van der Waals surface area contributed by atoms with Gasteiger partial charge in [0.05, 0.1) is 20.1 Å². The summed E-state index contributed by atoms with van der Waals surface area (Å²) in [7, 11) is 1.23. The number of Topliss-reactive ketones (excluding diaryl/α,β-unsaturated/α-hetero) is 1. The Morgan fingerprint density at radius 2 is 1.68 bits per heavy atom. The Balaban J connectivity index is 4.08. The maximum absolute atomic E-state index is 11.7. The first-order chi connectivity index (χ1) is 10.0. The monoisotopic (exact) mass is 316 g/mol. The molecule has 1 atom stereocenters. The fourth-order valence-corrected chi connectivity index (χ4v) is 1.32. The van der Waals surface area contributed by atoms with Gasteiger partial charge in [0.1, 0.15) is 11.6 Å². The number of alkyl carbamates (subject to hydrolysis) is 1. The second-order valence-electron chi connectivity index (χ2n) is 5.70. The maximum Gasteiger partial charge on any atom is 0.408 e. The molecular formula is C14H24N2O6. The second-order valence-corrected chi connectivity index (χ2v) is 5.70. The van der Waals surface area contributed by atoms with Gasteiger partial charge in [-0.15, -0.1) is 0 Å². The second kappa shape index (κ2) is 9.01. The molecule has 126 valence electrons. The molecule has 22 heavy (non-hydrogen) atoms. The van der Waals surface area contributed by atoms with Gasteiger partial charge in [-0.2, -0.15) is 0 Å². The summed E-state index contributed by atoms with van der Waals surface area (Å²) in [5.41, 5.74) is -0.663. The van der Waals surface area contributed by atoms with Crippen LogP contribution in [0.25, 0.3) is 0 Å². The van der Waals surface area contributed by atoms with Crippen molar-refractivity contribution < 1.29 is 28.7 Å². The quantitative estimate of drug-likeness (QED) is 0.663. The van der Waals surface area contributed by atoms with Crippen molar-refractivity contribution in [1.82, 2.24) is 10.6 Å². The lowest BCUT2D eigenvalue weighted by atomic mass is 10.2. The Kier molecular flexibility index (Phi) is 8.14. The highest BCUT2D eigenvalue weighted by Crippen LogP contribution is 2.06. The van der Waals surface area contributed by atoms with Gasteiger partial charge in [0.15, 0.2) is 5.78 Å². The fraction of sp³-hybridized carbons (Fsp3) is 0.714. The summed E-state index contributed by atoms with van der Waals surface area (Å²) in [5.74, 6) is -1.31. The zero-order valence-corrected chi connectivity index (χ0v) is 13.6. The predicted octanol–water partition coefficient (Wildman–Crippen LogP) is 0.538. The van der Waals surface area contributed by atoms with Crippen LogP contribution in [0.2, 0.25) is 0 Å². The molecule has 0 aliphatic heterocycles. The third-order valence-electron chi connectivity index (χ3n) is 2.42. The minimum Gasteiger partial charge on any atom is -0.469 e. The SMILES string of the molecule is COC(=O)CCC(=O)CNC(=O)[C@@H](C)NC(=O)OC(C)(C)C. The molecule has 0 aliphatic rings. The van der Waals surface area contributed by atoms with Crippen LogP contribution in [0.15, 0.2) is 0 Å². The highest BCUT2D eigenvalue weighted by molar-refractivity contribution is 5.90. The number of nitrogens with one attached hydrogen (secondary N) is 2. The van der Waals surface area contributed by atoms with Crippen LogP contribution in [0.3, 0.4) is 0 Å². The summed E-state index contributed by atoms with van der Waals surface area (Å²) in [6.07, 6.45) is -0.759. The first-order valence-corrected chi connectivity index (χ1v) is 6.91. The summed E-state index contributed by atoms with van der Waals surface area (Å²) in [6.45, 7) is 6.38. The van der Waals surface area contributed by atoms with Crippen LogP contribution in [-0.4, -0.2) is 49.1 Å². The Hall–Kier alpha value is -2.12. The van der Waals surface area contributed by atoms with Gasteiger partial charge in [-0.25, -0.2) is 4.79 Å². The van der Waals surface area contributed by atoms with Crippen molar-refractivity contribution in [2.75, 3.05) is 13.7 Å². The maximum atomic E-state index is 11.7. The lowest BCUT2D eigenvalue weighted by Gasteiger charge is -2.21. The van der Waals surface area contributed by atoms with Crippen LogP contribution >= 0.6 is 0 Å². The van der Waals surface area contributed by atoms with E-state index in [0.29, 0.717) is 0 Å². The molecule has 0 aromatic rings. The standard InChI is InChI=1S/C14H24N2O6/c1-9(16-13(20)22-14(2,3)4)12(19)15-8-10(17)6-7-11(18)21-5/h9H,6-8H2,1-5H3,(H,15,19)(H,16,20)/t9-/m1/s1. The molecule has 2 amide bonds. The van der Waals surface area contributed by atoms with E-state index >= 15 is 0 Å². The average Bonchev–Trinajstić information content (AvgIpc) is 2.39. The van der Waals surface area contributed by atoms with E-state index in [2.05, 4.69) is 15.4 Å². The molecule has 0 rings (SSSR count). The Morgan fingerprint density at radius 3 is 2.18 bits per heavy atom.